The molecule has 0 spiro atoms. The largest absolute Gasteiger partial charge is 0.372 e. The average Bonchev–Trinajstić information content (AvgIpc) is 3.43. The zero-order chi connectivity index (χ0) is 20.8. The molecule has 1 aliphatic rings. The van der Waals surface area contributed by atoms with Crippen molar-refractivity contribution in [1.29, 1.82) is 0 Å². The molecule has 1 unspecified atom stereocenters. The molecule has 6 nitrogen and oxygen atoms in total. The fraction of sp³-hybridized carbons (Fsp3) is 0.417. The topological polar surface area (TPSA) is 68.3 Å². The Hall–Kier alpha value is -2.29. The van der Waals surface area contributed by atoms with Crippen LogP contribution in [-0.2, 0) is 6.42 Å². The Labute approximate surface area is 202 Å². The highest BCUT2D eigenvalue weighted by molar-refractivity contribution is 14.0. The van der Waals surface area contributed by atoms with E-state index in [1.807, 2.05) is 18.2 Å². The molecule has 1 saturated heterocycles. The predicted octanol–water partition coefficient (Wildman–Crippen LogP) is 4.64. The maximum atomic E-state index is 4.77. The molecule has 166 valence electrons. The third kappa shape index (κ3) is 6.12. The minimum Gasteiger partial charge on any atom is -0.372 e. The third-order valence-corrected chi connectivity index (χ3v) is 5.60. The van der Waals surface area contributed by atoms with Crippen molar-refractivity contribution in [3.63, 3.8) is 0 Å². The predicted molar refractivity (Wildman–Crippen MR) is 141 cm³/mol. The highest BCUT2D eigenvalue weighted by atomic mass is 127. The Bertz CT molecular complexity index is 959. The lowest BCUT2D eigenvalue weighted by Gasteiger charge is -2.22. The van der Waals surface area contributed by atoms with E-state index in [1.54, 1.807) is 0 Å². The van der Waals surface area contributed by atoms with E-state index in [9.17, 15) is 0 Å². The van der Waals surface area contributed by atoms with Gasteiger partial charge in [-0.3, -0.25) is 4.99 Å². The van der Waals surface area contributed by atoms with Crippen molar-refractivity contribution in [2.45, 2.75) is 39.2 Å². The number of hydrogen-bond donors (Lipinski definition) is 3. The zero-order valence-electron chi connectivity index (χ0n) is 18.4. The van der Waals surface area contributed by atoms with Crippen LogP contribution in [0.3, 0.4) is 0 Å². The van der Waals surface area contributed by atoms with Crippen molar-refractivity contribution in [3.05, 3.63) is 59.9 Å². The summed E-state index contributed by atoms with van der Waals surface area (Å²) in [7, 11) is 0. The van der Waals surface area contributed by atoms with Crippen molar-refractivity contribution >= 4 is 46.7 Å². The number of guanidine groups is 1. The SMILES string of the molecule is CCNC(=NCCc1nc2ccccc2[nH]1)NC(C)c1cccc(N2CCCC2)c1.I. The van der Waals surface area contributed by atoms with E-state index < -0.39 is 0 Å². The third-order valence-electron chi connectivity index (χ3n) is 5.60. The number of imidazole rings is 1. The minimum atomic E-state index is 0. The normalized spacial score (nSPS) is 15.0. The van der Waals surface area contributed by atoms with E-state index in [-0.39, 0.29) is 30.0 Å². The molecule has 1 atom stereocenters. The van der Waals surface area contributed by atoms with Gasteiger partial charge in [0, 0.05) is 38.3 Å². The summed E-state index contributed by atoms with van der Waals surface area (Å²) in [5.41, 5.74) is 4.69. The van der Waals surface area contributed by atoms with Crippen LogP contribution in [0.5, 0.6) is 0 Å². The fourth-order valence-corrected chi connectivity index (χ4v) is 3.97. The number of fused-ring (bicyclic) bond motifs is 1. The van der Waals surface area contributed by atoms with Gasteiger partial charge in [0.2, 0.25) is 0 Å². The number of para-hydroxylation sites is 2. The van der Waals surface area contributed by atoms with E-state index in [1.165, 1.54) is 24.1 Å². The molecule has 7 heteroatoms. The number of H-pyrrole nitrogens is 1. The van der Waals surface area contributed by atoms with Gasteiger partial charge in [0.15, 0.2) is 5.96 Å². The Morgan fingerprint density at radius 1 is 1.16 bits per heavy atom. The monoisotopic (exact) mass is 532 g/mol. The lowest BCUT2D eigenvalue weighted by molar-refractivity contribution is 0.685. The number of nitrogens with one attached hydrogen (secondary N) is 3. The highest BCUT2D eigenvalue weighted by Gasteiger charge is 2.14. The number of nitrogens with zero attached hydrogens (tertiary/aromatic N) is 3. The van der Waals surface area contributed by atoms with E-state index in [4.69, 9.17) is 4.99 Å². The van der Waals surface area contributed by atoms with Gasteiger partial charge in [-0.2, -0.15) is 0 Å². The van der Waals surface area contributed by atoms with Crippen LogP contribution in [0.2, 0.25) is 0 Å². The van der Waals surface area contributed by atoms with Gasteiger partial charge >= 0.3 is 0 Å². The molecule has 1 aliphatic heterocycles. The van der Waals surface area contributed by atoms with Crippen molar-refractivity contribution in [1.82, 2.24) is 20.6 Å². The quantitative estimate of drug-likeness (QED) is 0.236. The van der Waals surface area contributed by atoms with Crippen molar-refractivity contribution in [2.24, 2.45) is 4.99 Å². The van der Waals surface area contributed by atoms with Gasteiger partial charge < -0.3 is 20.5 Å². The zero-order valence-corrected chi connectivity index (χ0v) is 20.7. The number of aliphatic imine (C=N–C) groups is 1. The molecular formula is C24H33IN6. The van der Waals surface area contributed by atoms with Crippen molar-refractivity contribution < 1.29 is 0 Å². The number of aromatic nitrogens is 2. The summed E-state index contributed by atoms with van der Waals surface area (Å²) < 4.78 is 0. The van der Waals surface area contributed by atoms with Crippen LogP contribution >= 0.6 is 24.0 Å². The molecule has 0 bridgehead atoms. The number of aromatic amines is 1. The summed E-state index contributed by atoms with van der Waals surface area (Å²) in [4.78, 5) is 15.3. The maximum Gasteiger partial charge on any atom is 0.191 e. The number of benzene rings is 2. The van der Waals surface area contributed by atoms with Gasteiger partial charge in [-0.05, 0) is 56.5 Å². The van der Waals surface area contributed by atoms with Gasteiger partial charge in [-0.15, -0.1) is 24.0 Å². The first-order valence-corrected chi connectivity index (χ1v) is 11.1. The molecule has 2 heterocycles. The fourth-order valence-electron chi connectivity index (χ4n) is 3.97. The summed E-state index contributed by atoms with van der Waals surface area (Å²) >= 11 is 0. The van der Waals surface area contributed by atoms with Crippen LogP contribution in [0.25, 0.3) is 11.0 Å². The van der Waals surface area contributed by atoms with Gasteiger partial charge in [0.25, 0.3) is 0 Å². The van der Waals surface area contributed by atoms with Gasteiger partial charge in [-0.1, -0.05) is 24.3 Å². The summed E-state index contributed by atoms with van der Waals surface area (Å²) in [6, 6.07) is 17.2. The molecule has 3 N–H and O–H groups in total. The van der Waals surface area contributed by atoms with Crippen LogP contribution in [0.15, 0.2) is 53.5 Å². The summed E-state index contributed by atoms with van der Waals surface area (Å²) in [6.45, 7) is 8.12. The molecule has 3 aromatic rings. The lowest BCUT2D eigenvalue weighted by atomic mass is 10.1. The molecule has 4 rings (SSSR count). The van der Waals surface area contributed by atoms with Crippen LogP contribution in [0, 0.1) is 0 Å². The maximum absolute atomic E-state index is 4.77. The summed E-state index contributed by atoms with van der Waals surface area (Å²) in [5.74, 6) is 1.81. The van der Waals surface area contributed by atoms with Crippen LogP contribution in [0.4, 0.5) is 5.69 Å². The Kier molecular flexibility index (Phi) is 8.57. The molecule has 1 aromatic heterocycles. The molecule has 0 saturated carbocycles. The van der Waals surface area contributed by atoms with E-state index in [0.717, 1.165) is 48.9 Å². The number of anilines is 1. The first kappa shape index (κ1) is 23.4. The average molecular weight is 532 g/mol. The molecule has 1 fully saturated rings. The standard InChI is InChI=1S/C24H32N6.HI/c1-3-25-24(26-14-13-23-28-21-11-4-5-12-22(21)29-23)27-18(2)19-9-8-10-20(17-19)30-15-6-7-16-30;/h4-5,8-12,17-18H,3,6-7,13-16H2,1-2H3,(H,28,29)(H2,25,26,27);1H. The van der Waals surface area contributed by atoms with E-state index >= 15 is 0 Å². The Morgan fingerprint density at radius 3 is 2.74 bits per heavy atom. The van der Waals surface area contributed by atoms with Crippen LogP contribution < -0.4 is 15.5 Å². The number of halogens is 1. The van der Waals surface area contributed by atoms with Crippen molar-refractivity contribution in [2.75, 3.05) is 31.1 Å². The van der Waals surface area contributed by atoms with Crippen molar-refractivity contribution in [3.8, 4) is 0 Å². The Balaban J connectivity index is 0.00000272. The first-order chi connectivity index (χ1) is 14.7. The molecule has 2 aromatic carbocycles. The van der Waals surface area contributed by atoms with Gasteiger partial charge in [-0.25, -0.2) is 4.98 Å². The first-order valence-electron chi connectivity index (χ1n) is 11.1. The second kappa shape index (κ2) is 11.4. The molecule has 0 amide bonds. The summed E-state index contributed by atoms with van der Waals surface area (Å²) in [5, 5.41) is 6.92. The van der Waals surface area contributed by atoms with E-state index in [0.29, 0.717) is 6.54 Å². The molecular weight excluding hydrogens is 499 g/mol. The highest BCUT2D eigenvalue weighted by Crippen LogP contribution is 2.24. The van der Waals surface area contributed by atoms with E-state index in [2.05, 4.69) is 69.7 Å². The number of hydrogen-bond acceptors (Lipinski definition) is 3. The second-order valence-corrected chi connectivity index (χ2v) is 7.87. The smallest absolute Gasteiger partial charge is 0.191 e. The number of rotatable bonds is 7. The Morgan fingerprint density at radius 2 is 1.97 bits per heavy atom. The lowest BCUT2D eigenvalue weighted by Crippen LogP contribution is -2.39. The second-order valence-electron chi connectivity index (χ2n) is 7.87. The molecule has 31 heavy (non-hydrogen) atoms. The minimum absolute atomic E-state index is 0. The van der Waals surface area contributed by atoms with Crippen LogP contribution in [-0.4, -0.2) is 42.1 Å². The van der Waals surface area contributed by atoms with Gasteiger partial charge in [0.1, 0.15) is 5.82 Å². The summed E-state index contributed by atoms with van der Waals surface area (Å²) in [6.07, 6.45) is 3.37. The molecule has 0 radical (unpaired) electrons. The molecule has 0 aliphatic carbocycles. The van der Waals surface area contributed by atoms with Gasteiger partial charge in [0.05, 0.1) is 17.1 Å². The van der Waals surface area contributed by atoms with Crippen LogP contribution in [0.1, 0.15) is 44.1 Å².